The molecule has 27 heavy (non-hydrogen) atoms. The Morgan fingerprint density at radius 1 is 1.15 bits per heavy atom. The lowest BCUT2D eigenvalue weighted by molar-refractivity contribution is 0.292. The Morgan fingerprint density at radius 2 is 1.93 bits per heavy atom. The number of halogens is 2. The number of nitriles is 1. The van der Waals surface area contributed by atoms with Gasteiger partial charge in [-0.15, -0.1) is 0 Å². The number of nitrogens with zero attached hydrogens (tertiary/aromatic N) is 4. The second-order valence-electron chi connectivity index (χ2n) is 5.84. The molecule has 0 saturated carbocycles. The third kappa shape index (κ3) is 3.82. The van der Waals surface area contributed by atoms with E-state index in [9.17, 15) is 13.6 Å². The first kappa shape index (κ1) is 18.2. The van der Waals surface area contributed by atoms with E-state index in [4.69, 9.17) is 10.00 Å². The summed E-state index contributed by atoms with van der Waals surface area (Å²) in [6.45, 7) is 3.24. The quantitative estimate of drug-likeness (QED) is 0.707. The van der Waals surface area contributed by atoms with Crippen molar-refractivity contribution >= 4 is 0 Å². The predicted octanol–water partition coefficient (Wildman–Crippen LogP) is 2.97. The molecule has 0 spiro atoms. The van der Waals surface area contributed by atoms with Crippen molar-refractivity contribution in [3.63, 3.8) is 0 Å². The Hall–Kier alpha value is -3.60. The fourth-order valence-corrected chi connectivity index (χ4v) is 2.58. The summed E-state index contributed by atoms with van der Waals surface area (Å²) in [4.78, 5) is 20.2. The van der Waals surface area contributed by atoms with Gasteiger partial charge in [-0.05, 0) is 25.5 Å². The Labute approximate surface area is 153 Å². The topological polar surface area (TPSA) is 80.8 Å². The maximum atomic E-state index is 13.6. The molecule has 8 heteroatoms. The summed E-state index contributed by atoms with van der Waals surface area (Å²) in [6.07, 6.45) is 2.41. The molecule has 0 amide bonds. The van der Waals surface area contributed by atoms with Gasteiger partial charge in [-0.3, -0.25) is 14.3 Å². The van der Waals surface area contributed by atoms with Crippen LogP contribution in [0.25, 0.3) is 5.69 Å². The summed E-state index contributed by atoms with van der Waals surface area (Å²) in [5.41, 5.74) is 1.58. The van der Waals surface area contributed by atoms with E-state index in [2.05, 4.69) is 9.97 Å². The van der Waals surface area contributed by atoms with Gasteiger partial charge in [-0.2, -0.15) is 5.26 Å². The number of pyridine rings is 3. The van der Waals surface area contributed by atoms with Gasteiger partial charge in [0.15, 0.2) is 5.82 Å². The molecular weight excluding hydrogens is 354 g/mol. The Kier molecular flexibility index (Phi) is 4.94. The van der Waals surface area contributed by atoms with Crippen LogP contribution in [0.3, 0.4) is 0 Å². The Balaban J connectivity index is 1.92. The van der Waals surface area contributed by atoms with E-state index in [1.807, 2.05) is 6.07 Å². The molecule has 3 aromatic heterocycles. The number of hydrogen-bond donors (Lipinski definition) is 0. The standard InChI is InChI=1S/C19H14F2N4O2/c1-11-8-23-14(7-22)5-18(11)25-12(2)3-15(6-19(25)26)27-10-17-16(21)4-13(20)9-24-17/h3-6,8-9H,10H2,1-2H3. The zero-order chi connectivity index (χ0) is 19.6. The third-order valence-electron chi connectivity index (χ3n) is 3.88. The molecule has 136 valence electrons. The summed E-state index contributed by atoms with van der Waals surface area (Å²) >= 11 is 0. The van der Waals surface area contributed by atoms with Crippen LogP contribution in [0.15, 0.2) is 41.5 Å². The van der Waals surface area contributed by atoms with E-state index in [1.54, 1.807) is 19.9 Å². The minimum atomic E-state index is -0.823. The van der Waals surface area contributed by atoms with Crippen molar-refractivity contribution in [3.8, 4) is 17.5 Å². The van der Waals surface area contributed by atoms with Gasteiger partial charge in [0, 0.05) is 30.1 Å². The second kappa shape index (κ2) is 7.33. The molecule has 0 atom stereocenters. The zero-order valence-corrected chi connectivity index (χ0v) is 14.5. The summed E-state index contributed by atoms with van der Waals surface area (Å²) in [5, 5.41) is 9.02. The van der Waals surface area contributed by atoms with Crippen molar-refractivity contribution in [2.45, 2.75) is 20.5 Å². The van der Waals surface area contributed by atoms with Crippen LogP contribution < -0.4 is 10.3 Å². The summed E-state index contributed by atoms with van der Waals surface area (Å²) in [5.74, 6) is -1.37. The molecule has 6 nitrogen and oxygen atoms in total. The molecule has 0 unspecified atom stereocenters. The molecule has 0 aromatic carbocycles. The molecule has 0 saturated heterocycles. The Bertz CT molecular complexity index is 1120. The maximum Gasteiger partial charge on any atom is 0.259 e. The number of hydrogen-bond acceptors (Lipinski definition) is 5. The SMILES string of the molecule is Cc1cnc(C#N)cc1-n1c(C)cc(OCc2ncc(F)cc2F)cc1=O. The smallest absolute Gasteiger partial charge is 0.259 e. The van der Waals surface area contributed by atoms with Crippen molar-refractivity contribution in [3.05, 3.63) is 81.3 Å². The van der Waals surface area contributed by atoms with Crippen LogP contribution in [-0.4, -0.2) is 14.5 Å². The van der Waals surface area contributed by atoms with E-state index in [0.29, 0.717) is 17.4 Å². The van der Waals surface area contributed by atoms with Gasteiger partial charge < -0.3 is 4.74 Å². The molecule has 3 heterocycles. The molecule has 0 radical (unpaired) electrons. The van der Waals surface area contributed by atoms with Crippen LogP contribution in [0.4, 0.5) is 8.78 Å². The maximum absolute atomic E-state index is 13.6. The average molecular weight is 368 g/mol. The van der Waals surface area contributed by atoms with Gasteiger partial charge >= 0.3 is 0 Å². The molecule has 0 aliphatic carbocycles. The van der Waals surface area contributed by atoms with Crippen molar-refractivity contribution in [2.24, 2.45) is 0 Å². The summed E-state index contributed by atoms with van der Waals surface area (Å²) < 4.78 is 33.4. The van der Waals surface area contributed by atoms with Gasteiger partial charge in [0.05, 0.1) is 11.9 Å². The van der Waals surface area contributed by atoms with E-state index < -0.39 is 11.6 Å². The molecular formula is C19H14F2N4O2. The van der Waals surface area contributed by atoms with Gasteiger partial charge in [0.2, 0.25) is 0 Å². The van der Waals surface area contributed by atoms with E-state index in [0.717, 1.165) is 11.8 Å². The van der Waals surface area contributed by atoms with Crippen LogP contribution in [0, 0.1) is 36.8 Å². The molecule has 0 bridgehead atoms. The highest BCUT2D eigenvalue weighted by Gasteiger charge is 2.12. The van der Waals surface area contributed by atoms with Crippen LogP contribution in [-0.2, 0) is 6.61 Å². The highest BCUT2D eigenvalue weighted by atomic mass is 19.1. The lowest BCUT2D eigenvalue weighted by atomic mass is 10.2. The molecule has 0 aliphatic heterocycles. The predicted molar refractivity (Wildman–Crippen MR) is 92.5 cm³/mol. The summed E-state index contributed by atoms with van der Waals surface area (Å²) in [6, 6.07) is 7.04. The van der Waals surface area contributed by atoms with Gasteiger partial charge in [-0.25, -0.2) is 13.8 Å². The van der Waals surface area contributed by atoms with Crippen molar-refractivity contribution < 1.29 is 13.5 Å². The largest absolute Gasteiger partial charge is 0.487 e. The number of ether oxygens (including phenoxy) is 1. The lowest BCUT2D eigenvalue weighted by Crippen LogP contribution is -2.21. The molecule has 3 rings (SSSR count). The number of aryl methyl sites for hydroxylation is 2. The van der Waals surface area contributed by atoms with Gasteiger partial charge in [-0.1, -0.05) is 0 Å². The van der Waals surface area contributed by atoms with Crippen LogP contribution in [0.5, 0.6) is 5.75 Å². The van der Waals surface area contributed by atoms with E-state index in [-0.39, 0.29) is 29.3 Å². The minimum absolute atomic E-state index is 0.0677. The molecule has 3 aromatic rings. The Morgan fingerprint density at radius 3 is 2.59 bits per heavy atom. The van der Waals surface area contributed by atoms with Crippen LogP contribution in [0.2, 0.25) is 0 Å². The van der Waals surface area contributed by atoms with Crippen molar-refractivity contribution in [1.29, 1.82) is 5.26 Å². The molecule has 0 aliphatic rings. The minimum Gasteiger partial charge on any atom is -0.487 e. The van der Waals surface area contributed by atoms with Gasteiger partial charge in [0.25, 0.3) is 5.56 Å². The first-order valence-corrected chi connectivity index (χ1v) is 7.92. The highest BCUT2D eigenvalue weighted by molar-refractivity contribution is 5.45. The third-order valence-corrected chi connectivity index (χ3v) is 3.88. The molecule has 0 N–H and O–H groups in total. The van der Waals surface area contributed by atoms with E-state index >= 15 is 0 Å². The number of aromatic nitrogens is 3. The first-order valence-electron chi connectivity index (χ1n) is 7.92. The lowest BCUT2D eigenvalue weighted by Gasteiger charge is -2.14. The normalized spacial score (nSPS) is 10.5. The van der Waals surface area contributed by atoms with Crippen LogP contribution >= 0.6 is 0 Å². The summed E-state index contributed by atoms with van der Waals surface area (Å²) in [7, 11) is 0. The van der Waals surface area contributed by atoms with E-state index in [1.165, 1.54) is 22.9 Å². The first-order chi connectivity index (χ1) is 12.9. The second-order valence-corrected chi connectivity index (χ2v) is 5.84. The highest BCUT2D eigenvalue weighted by Crippen LogP contribution is 2.19. The van der Waals surface area contributed by atoms with Crippen molar-refractivity contribution in [1.82, 2.24) is 14.5 Å². The van der Waals surface area contributed by atoms with Crippen LogP contribution in [0.1, 0.15) is 22.6 Å². The zero-order valence-electron chi connectivity index (χ0n) is 14.5. The fraction of sp³-hybridized carbons (Fsp3) is 0.158. The monoisotopic (exact) mass is 368 g/mol. The van der Waals surface area contributed by atoms with Crippen molar-refractivity contribution in [2.75, 3.05) is 0 Å². The molecule has 0 fully saturated rings. The van der Waals surface area contributed by atoms with Gasteiger partial charge in [0.1, 0.15) is 35.6 Å². The fourth-order valence-electron chi connectivity index (χ4n) is 2.58. The average Bonchev–Trinajstić information content (AvgIpc) is 2.62. The number of rotatable bonds is 4.